The average Bonchev–Trinajstić information content (AvgIpc) is 3.08. The number of alkyl halides is 3. The lowest BCUT2D eigenvalue weighted by molar-refractivity contribution is -0.141. The van der Waals surface area contributed by atoms with Gasteiger partial charge in [-0.15, -0.1) is 0 Å². The van der Waals surface area contributed by atoms with Crippen LogP contribution in [-0.4, -0.2) is 43.6 Å². The van der Waals surface area contributed by atoms with Gasteiger partial charge in [0, 0.05) is 38.1 Å². The third-order valence-corrected chi connectivity index (χ3v) is 4.57. The van der Waals surface area contributed by atoms with E-state index in [9.17, 15) is 18.0 Å². The number of halogens is 3. The number of hydrogen-bond donors (Lipinski definition) is 0. The Balaban J connectivity index is 1.49. The molecule has 1 fully saturated rings. The molecule has 2 aromatic heterocycles. The predicted octanol–water partition coefficient (Wildman–Crippen LogP) is 1.87. The number of nitrogens with zero attached hydrogens (tertiary/aromatic N) is 5. The lowest BCUT2D eigenvalue weighted by atomic mass is 9.96. The maximum absolute atomic E-state index is 12.6. The first-order valence-electron chi connectivity index (χ1n) is 8.23. The summed E-state index contributed by atoms with van der Waals surface area (Å²) >= 11 is 0. The largest absolute Gasteiger partial charge is 0.433 e. The molecule has 3 heterocycles. The van der Waals surface area contributed by atoms with Crippen LogP contribution in [0.25, 0.3) is 0 Å². The van der Waals surface area contributed by atoms with Crippen molar-refractivity contribution < 1.29 is 13.2 Å². The van der Waals surface area contributed by atoms with E-state index in [1.807, 2.05) is 10.8 Å². The highest BCUT2D eigenvalue weighted by Crippen LogP contribution is 2.26. The molecule has 25 heavy (non-hydrogen) atoms. The van der Waals surface area contributed by atoms with Gasteiger partial charge in [0.1, 0.15) is 0 Å². The van der Waals surface area contributed by atoms with Crippen molar-refractivity contribution >= 4 is 0 Å². The second-order valence-corrected chi connectivity index (χ2v) is 6.35. The first-order chi connectivity index (χ1) is 11.9. The zero-order valence-corrected chi connectivity index (χ0v) is 13.7. The highest BCUT2D eigenvalue weighted by atomic mass is 19.4. The monoisotopic (exact) mass is 355 g/mol. The summed E-state index contributed by atoms with van der Waals surface area (Å²) < 4.78 is 41.0. The van der Waals surface area contributed by atoms with Gasteiger partial charge in [0.05, 0.1) is 12.7 Å². The second-order valence-electron chi connectivity index (χ2n) is 6.35. The van der Waals surface area contributed by atoms with Crippen molar-refractivity contribution in [2.45, 2.75) is 32.1 Å². The summed E-state index contributed by atoms with van der Waals surface area (Å²) in [5, 5.41) is 0. The van der Waals surface area contributed by atoms with Gasteiger partial charge in [-0.2, -0.15) is 13.2 Å². The van der Waals surface area contributed by atoms with Crippen LogP contribution in [0, 0.1) is 5.92 Å². The molecule has 2 aromatic rings. The maximum atomic E-state index is 12.6. The van der Waals surface area contributed by atoms with E-state index in [0.717, 1.165) is 45.3 Å². The van der Waals surface area contributed by atoms with Crippen LogP contribution in [0.15, 0.2) is 35.9 Å². The summed E-state index contributed by atoms with van der Waals surface area (Å²) in [5.41, 5.74) is -1.78. The van der Waals surface area contributed by atoms with Gasteiger partial charge in [-0.1, -0.05) is 0 Å². The quantitative estimate of drug-likeness (QED) is 0.822. The van der Waals surface area contributed by atoms with Crippen LogP contribution < -0.4 is 5.56 Å². The van der Waals surface area contributed by atoms with Crippen molar-refractivity contribution in [1.29, 1.82) is 0 Å². The number of piperidine rings is 1. The summed E-state index contributed by atoms with van der Waals surface area (Å²) in [6, 6.07) is 0.570. The molecule has 0 bridgehead atoms. The lowest BCUT2D eigenvalue weighted by Crippen LogP contribution is -2.38. The molecular formula is C16H20F3N5O. The second kappa shape index (κ2) is 7.38. The molecule has 1 saturated heterocycles. The van der Waals surface area contributed by atoms with E-state index in [1.54, 1.807) is 12.5 Å². The molecule has 0 amide bonds. The van der Waals surface area contributed by atoms with Gasteiger partial charge in [-0.25, -0.2) is 9.97 Å². The highest BCUT2D eigenvalue weighted by molar-refractivity contribution is 5.03. The first-order valence-corrected chi connectivity index (χ1v) is 8.23. The van der Waals surface area contributed by atoms with Crippen LogP contribution >= 0.6 is 0 Å². The predicted molar refractivity (Wildman–Crippen MR) is 84.9 cm³/mol. The minimum absolute atomic E-state index is 0.278. The van der Waals surface area contributed by atoms with Crippen LogP contribution in [0.2, 0.25) is 0 Å². The van der Waals surface area contributed by atoms with Crippen LogP contribution in [0.1, 0.15) is 18.5 Å². The van der Waals surface area contributed by atoms with Gasteiger partial charge in [-0.05, 0) is 31.8 Å². The summed E-state index contributed by atoms with van der Waals surface area (Å²) in [6.07, 6.45) is 3.72. The molecule has 1 aliphatic rings. The smallest absolute Gasteiger partial charge is 0.336 e. The topological polar surface area (TPSA) is 56.0 Å². The van der Waals surface area contributed by atoms with Crippen molar-refractivity contribution in [2.75, 3.05) is 19.6 Å². The zero-order valence-electron chi connectivity index (χ0n) is 13.7. The average molecular weight is 355 g/mol. The number of hydrogen-bond acceptors (Lipinski definition) is 4. The Morgan fingerprint density at radius 3 is 2.52 bits per heavy atom. The number of imidazole rings is 1. The summed E-state index contributed by atoms with van der Waals surface area (Å²) in [7, 11) is 0. The SMILES string of the molecule is O=c1cc(C(F)(F)F)ncn1CC1CCN(CCn2ccnc2)CC1. The maximum Gasteiger partial charge on any atom is 0.433 e. The van der Waals surface area contributed by atoms with Gasteiger partial charge in [0.2, 0.25) is 0 Å². The molecule has 0 saturated carbocycles. The van der Waals surface area contributed by atoms with Crippen LogP contribution in [0.3, 0.4) is 0 Å². The van der Waals surface area contributed by atoms with Crippen LogP contribution in [0.5, 0.6) is 0 Å². The molecule has 0 radical (unpaired) electrons. The van der Waals surface area contributed by atoms with Crippen molar-refractivity contribution in [2.24, 2.45) is 5.92 Å². The molecule has 3 rings (SSSR count). The summed E-state index contributed by atoms with van der Waals surface area (Å²) in [6.45, 7) is 4.07. The lowest BCUT2D eigenvalue weighted by Gasteiger charge is -2.32. The first kappa shape index (κ1) is 17.7. The fourth-order valence-corrected chi connectivity index (χ4v) is 3.06. The summed E-state index contributed by atoms with van der Waals surface area (Å²) in [4.78, 5) is 21.6. The van der Waals surface area contributed by atoms with Crippen molar-refractivity contribution in [1.82, 2.24) is 24.0 Å². The number of rotatable bonds is 5. The van der Waals surface area contributed by atoms with E-state index in [4.69, 9.17) is 0 Å². The Morgan fingerprint density at radius 2 is 1.92 bits per heavy atom. The van der Waals surface area contributed by atoms with Gasteiger partial charge in [0.15, 0.2) is 5.69 Å². The molecule has 0 aliphatic carbocycles. The highest BCUT2D eigenvalue weighted by Gasteiger charge is 2.33. The Kier molecular flexibility index (Phi) is 5.22. The van der Waals surface area contributed by atoms with E-state index < -0.39 is 17.4 Å². The Hall–Kier alpha value is -2.16. The molecule has 1 aliphatic heterocycles. The fraction of sp³-hybridized carbons (Fsp3) is 0.562. The van der Waals surface area contributed by atoms with E-state index >= 15 is 0 Å². The molecule has 0 unspecified atom stereocenters. The molecule has 6 nitrogen and oxygen atoms in total. The van der Waals surface area contributed by atoms with Gasteiger partial charge in [-0.3, -0.25) is 9.36 Å². The van der Waals surface area contributed by atoms with E-state index in [1.165, 1.54) is 4.57 Å². The molecule has 0 aromatic carbocycles. The number of likely N-dealkylation sites (tertiary alicyclic amines) is 1. The Bertz CT molecular complexity index is 733. The minimum Gasteiger partial charge on any atom is -0.336 e. The van der Waals surface area contributed by atoms with Crippen LogP contribution in [-0.2, 0) is 19.3 Å². The normalized spacial score (nSPS) is 17.1. The molecule has 136 valence electrons. The van der Waals surface area contributed by atoms with Crippen molar-refractivity contribution in [3.05, 3.63) is 47.2 Å². The van der Waals surface area contributed by atoms with E-state index in [-0.39, 0.29) is 5.92 Å². The van der Waals surface area contributed by atoms with Gasteiger partial charge in [0.25, 0.3) is 5.56 Å². The third kappa shape index (κ3) is 4.68. The Morgan fingerprint density at radius 1 is 1.16 bits per heavy atom. The molecule has 0 N–H and O–H groups in total. The van der Waals surface area contributed by atoms with E-state index in [0.29, 0.717) is 12.6 Å². The molecule has 9 heteroatoms. The van der Waals surface area contributed by atoms with Gasteiger partial charge >= 0.3 is 6.18 Å². The van der Waals surface area contributed by atoms with Crippen molar-refractivity contribution in [3.8, 4) is 0 Å². The minimum atomic E-state index is -4.58. The molecule has 0 spiro atoms. The third-order valence-electron chi connectivity index (χ3n) is 4.57. The van der Waals surface area contributed by atoms with Crippen LogP contribution in [0.4, 0.5) is 13.2 Å². The standard InChI is InChI=1S/C16H20F3N5O/c17-16(18,19)14-9-15(25)24(12-21-14)10-13-1-4-22(5-2-13)7-8-23-6-3-20-11-23/h3,6,9,11-13H,1-2,4-5,7-8,10H2. The zero-order chi connectivity index (χ0) is 17.9. The molecule has 0 atom stereocenters. The Labute approximate surface area is 142 Å². The number of aromatic nitrogens is 4. The summed E-state index contributed by atoms with van der Waals surface area (Å²) in [5.74, 6) is 0.278. The van der Waals surface area contributed by atoms with E-state index in [2.05, 4.69) is 14.9 Å². The van der Waals surface area contributed by atoms with Crippen molar-refractivity contribution in [3.63, 3.8) is 0 Å². The van der Waals surface area contributed by atoms with Gasteiger partial charge < -0.3 is 9.47 Å². The molecular weight excluding hydrogens is 335 g/mol. The fourth-order valence-electron chi connectivity index (χ4n) is 3.06.